The fourth-order valence-electron chi connectivity index (χ4n) is 3.10. The Morgan fingerprint density at radius 1 is 1.11 bits per heavy atom. The van der Waals surface area contributed by atoms with Gasteiger partial charge in [-0.1, -0.05) is 31.5 Å². The average molecular weight is 525 g/mol. The Bertz CT molecular complexity index is 954. The van der Waals surface area contributed by atoms with E-state index in [-0.39, 0.29) is 25.4 Å². The molecule has 1 rings (SSSR count). The largest absolute Gasteiger partial charge is 0.495 e. The summed E-state index contributed by atoms with van der Waals surface area (Å²) in [4.78, 5) is 50.1. The van der Waals surface area contributed by atoms with Crippen molar-refractivity contribution in [2.75, 3.05) is 13.7 Å². The molecule has 0 aromatic heterocycles. The normalized spacial score (nSPS) is 13.1. The first kappa shape index (κ1) is 31.0. The van der Waals surface area contributed by atoms with E-state index in [0.29, 0.717) is 16.3 Å². The Balaban J connectivity index is 2.89. The number of halogens is 1. The zero-order chi connectivity index (χ0) is 27.5. The lowest BCUT2D eigenvalue weighted by Crippen LogP contribution is -2.53. The molecule has 0 heterocycles. The van der Waals surface area contributed by atoms with Crippen molar-refractivity contribution in [3.63, 3.8) is 0 Å². The number of benzene rings is 1. The molecule has 2 atom stereocenters. The minimum absolute atomic E-state index is 0.00342. The van der Waals surface area contributed by atoms with Gasteiger partial charge >= 0.3 is 11.9 Å². The third-order valence-electron chi connectivity index (χ3n) is 4.79. The van der Waals surface area contributed by atoms with Crippen LogP contribution in [0.1, 0.15) is 59.9 Å². The molecule has 10 heteroatoms. The van der Waals surface area contributed by atoms with Crippen molar-refractivity contribution in [3.05, 3.63) is 34.9 Å². The molecule has 0 bridgehead atoms. The van der Waals surface area contributed by atoms with Crippen LogP contribution in [0.2, 0.25) is 5.02 Å². The van der Waals surface area contributed by atoms with Crippen molar-refractivity contribution in [2.45, 2.75) is 72.1 Å². The number of methoxy groups -OCH3 is 1. The average Bonchev–Trinajstić information content (AvgIpc) is 2.78. The fraction of sp³-hybridized carbons (Fsp3) is 0.538. The predicted octanol–water partition coefficient (Wildman–Crippen LogP) is 3.67. The van der Waals surface area contributed by atoms with Gasteiger partial charge in [-0.25, -0.2) is 4.79 Å². The van der Waals surface area contributed by atoms with Crippen LogP contribution in [0, 0.1) is 5.92 Å². The summed E-state index contributed by atoms with van der Waals surface area (Å²) in [6, 6.07) is 3.04. The van der Waals surface area contributed by atoms with Gasteiger partial charge in [-0.05, 0) is 63.8 Å². The monoisotopic (exact) mass is 524 g/mol. The van der Waals surface area contributed by atoms with E-state index in [9.17, 15) is 19.2 Å². The molecule has 0 aliphatic heterocycles. The van der Waals surface area contributed by atoms with Gasteiger partial charge in [-0.2, -0.15) is 0 Å². The van der Waals surface area contributed by atoms with Gasteiger partial charge < -0.3 is 24.8 Å². The predicted molar refractivity (Wildman–Crippen MR) is 137 cm³/mol. The summed E-state index contributed by atoms with van der Waals surface area (Å²) in [6.07, 6.45) is 2.76. The topological polar surface area (TPSA) is 120 Å². The van der Waals surface area contributed by atoms with Gasteiger partial charge in [-0.15, -0.1) is 0 Å². The minimum Gasteiger partial charge on any atom is -0.495 e. The van der Waals surface area contributed by atoms with E-state index < -0.39 is 41.4 Å². The zero-order valence-electron chi connectivity index (χ0n) is 22.0. The lowest BCUT2D eigenvalue weighted by atomic mass is 10.0. The molecule has 200 valence electrons. The van der Waals surface area contributed by atoms with E-state index in [2.05, 4.69) is 10.6 Å². The van der Waals surface area contributed by atoms with Crippen LogP contribution in [-0.2, 0) is 28.7 Å². The molecule has 0 aliphatic carbocycles. The number of hydrogen-bond donors (Lipinski definition) is 2. The minimum atomic E-state index is -1.07. The van der Waals surface area contributed by atoms with E-state index in [1.54, 1.807) is 65.8 Å². The standard InChI is InChI=1S/C26H37ClN2O7/c1-8-35-25(33)19(12-14-22(31)36-26(4,5)6)28-24(32)23(16(2)3)29-21(30)13-10-17-9-11-18(27)20(15-17)34-7/h9-11,13,15-16,19,23H,8,12,14H2,1-7H3,(H,28,32)(H,29,30)/b13-10+/t19-,23+/m1/s1. The molecule has 1 aromatic carbocycles. The molecular weight excluding hydrogens is 488 g/mol. The molecule has 0 saturated heterocycles. The van der Waals surface area contributed by atoms with Crippen molar-refractivity contribution in [3.8, 4) is 5.75 Å². The summed E-state index contributed by atoms with van der Waals surface area (Å²) >= 11 is 6.02. The van der Waals surface area contributed by atoms with Crippen LogP contribution in [0.15, 0.2) is 24.3 Å². The van der Waals surface area contributed by atoms with Crippen molar-refractivity contribution in [2.24, 2.45) is 5.92 Å². The van der Waals surface area contributed by atoms with Gasteiger partial charge in [0.1, 0.15) is 23.4 Å². The number of hydrogen-bond acceptors (Lipinski definition) is 7. The molecular formula is C26H37ClN2O7. The highest BCUT2D eigenvalue weighted by Gasteiger charge is 2.30. The van der Waals surface area contributed by atoms with Gasteiger partial charge in [0, 0.05) is 12.5 Å². The maximum Gasteiger partial charge on any atom is 0.328 e. The molecule has 2 N–H and O–H groups in total. The molecule has 1 aromatic rings. The molecule has 9 nitrogen and oxygen atoms in total. The highest BCUT2D eigenvalue weighted by molar-refractivity contribution is 6.32. The lowest BCUT2D eigenvalue weighted by Gasteiger charge is -2.25. The first-order valence-electron chi connectivity index (χ1n) is 11.8. The smallest absolute Gasteiger partial charge is 0.328 e. The maximum absolute atomic E-state index is 13.0. The van der Waals surface area contributed by atoms with Crippen LogP contribution in [-0.4, -0.2) is 55.2 Å². The Morgan fingerprint density at radius 2 is 1.78 bits per heavy atom. The first-order valence-corrected chi connectivity index (χ1v) is 12.2. The van der Waals surface area contributed by atoms with Gasteiger partial charge in [0.05, 0.1) is 18.7 Å². The number of carbonyl (C=O) groups excluding carboxylic acids is 4. The summed E-state index contributed by atoms with van der Waals surface area (Å²) in [7, 11) is 1.49. The molecule has 0 spiro atoms. The quantitative estimate of drug-likeness (QED) is 0.316. The Labute approximate surface area is 217 Å². The Morgan fingerprint density at radius 3 is 2.33 bits per heavy atom. The number of esters is 2. The van der Waals surface area contributed by atoms with Gasteiger partial charge in [0.15, 0.2) is 0 Å². The maximum atomic E-state index is 13.0. The second kappa shape index (κ2) is 14.5. The summed E-state index contributed by atoms with van der Waals surface area (Å²) in [5.41, 5.74) is 0.0127. The van der Waals surface area contributed by atoms with E-state index in [1.807, 2.05) is 0 Å². The fourth-order valence-corrected chi connectivity index (χ4v) is 3.29. The molecule has 0 unspecified atom stereocenters. The van der Waals surface area contributed by atoms with Crippen LogP contribution in [0.4, 0.5) is 0 Å². The van der Waals surface area contributed by atoms with E-state index in [1.165, 1.54) is 13.2 Å². The van der Waals surface area contributed by atoms with Crippen LogP contribution in [0.5, 0.6) is 5.75 Å². The highest BCUT2D eigenvalue weighted by atomic mass is 35.5. The van der Waals surface area contributed by atoms with Gasteiger partial charge in [0.2, 0.25) is 11.8 Å². The van der Waals surface area contributed by atoms with Crippen molar-refractivity contribution < 1.29 is 33.4 Å². The van der Waals surface area contributed by atoms with E-state index in [4.69, 9.17) is 25.8 Å². The molecule has 0 saturated carbocycles. The Hall–Kier alpha value is -3.07. The number of rotatable bonds is 12. The van der Waals surface area contributed by atoms with Crippen molar-refractivity contribution in [1.29, 1.82) is 0 Å². The van der Waals surface area contributed by atoms with E-state index >= 15 is 0 Å². The lowest BCUT2D eigenvalue weighted by molar-refractivity contribution is -0.155. The zero-order valence-corrected chi connectivity index (χ0v) is 22.7. The van der Waals surface area contributed by atoms with Crippen LogP contribution in [0.3, 0.4) is 0 Å². The summed E-state index contributed by atoms with van der Waals surface area (Å²) in [5.74, 6) is -2.05. The third kappa shape index (κ3) is 11.1. The van der Waals surface area contributed by atoms with Crippen molar-refractivity contribution >= 4 is 41.4 Å². The molecule has 0 aliphatic rings. The number of ether oxygens (including phenoxy) is 3. The van der Waals surface area contributed by atoms with Gasteiger partial charge in [0.25, 0.3) is 0 Å². The second-order valence-corrected chi connectivity index (χ2v) is 9.80. The highest BCUT2D eigenvalue weighted by Crippen LogP contribution is 2.25. The van der Waals surface area contributed by atoms with E-state index in [0.717, 1.165) is 0 Å². The first-order chi connectivity index (χ1) is 16.8. The number of amides is 2. The number of nitrogens with one attached hydrogen (secondary N) is 2. The third-order valence-corrected chi connectivity index (χ3v) is 5.11. The summed E-state index contributed by atoms with van der Waals surface area (Å²) < 4.78 is 15.5. The molecule has 0 fully saturated rings. The SMILES string of the molecule is CCOC(=O)[C@@H](CCC(=O)OC(C)(C)C)NC(=O)[C@@H](NC(=O)/C=C/c1ccc(Cl)c(OC)c1)C(C)C. The van der Waals surface area contributed by atoms with Crippen molar-refractivity contribution in [1.82, 2.24) is 10.6 Å². The number of carbonyl (C=O) groups is 4. The van der Waals surface area contributed by atoms with Crippen LogP contribution in [0.25, 0.3) is 6.08 Å². The van der Waals surface area contributed by atoms with Crippen LogP contribution < -0.4 is 15.4 Å². The molecule has 0 radical (unpaired) electrons. The second-order valence-electron chi connectivity index (χ2n) is 9.40. The molecule has 36 heavy (non-hydrogen) atoms. The van der Waals surface area contributed by atoms with Crippen LogP contribution >= 0.6 is 11.6 Å². The molecule has 2 amide bonds. The van der Waals surface area contributed by atoms with Gasteiger partial charge in [-0.3, -0.25) is 14.4 Å². The summed E-state index contributed by atoms with van der Waals surface area (Å²) in [6.45, 7) is 10.5. The summed E-state index contributed by atoms with van der Waals surface area (Å²) in [5, 5.41) is 5.71. The Kier molecular flexibility index (Phi) is 12.5.